The zero-order chi connectivity index (χ0) is 92.8. The van der Waals surface area contributed by atoms with Gasteiger partial charge in [-0.25, -0.2) is 24.0 Å². The molecule has 1 aliphatic rings. The van der Waals surface area contributed by atoms with Gasteiger partial charge in [0.15, 0.2) is 0 Å². The summed E-state index contributed by atoms with van der Waals surface area (Å²) < 4.78 is 32.3. The van der Waals surface area contributed by atoms with E-state index in [9.17, 15) is 72.5 Å². The minimum absolute atomic E-state index is 0.0699. The van der Waals surface area contributed by atoms with Gasteiger partial charge in [-0.15, -0.1) is 0 Å². The molecule has 0 radical (unpaired) electrons. The number of aliphatic hydroxyl groups excluding tert-OH is 2. The maximum absolute atomic E-state index is 15.4. The first-order valence-electron chi connectivity index (χ1n) is 41.1. The van der Waals surface area contributed by atoms with Gasteiger partial charge in [0.05, 0.1) is 24.2 Å². The third-order valence-electron chi connectivity index (χ3n) is 17.2. The molecule has 1 fully saturated rings. The highest BCUT2D eigenvalue weighted by Gasteiger charge is 2.40. The van der Waals surface area contributed by atoms with Gasteiger partial charge in [0.2, 0.25) is 65.0 Å². The van der Waals surface area contributed by atoms with E-state index in [0.717, 1.165) is 13.8 Å². The number of esters is 1. The van der Waals surface area contributed by atoms with E-state index < -0.39 is 279 Å². The molecule has 2 rings (SSSR count). The van der Waals surface area contributed by atoms with Gasteiger partial charge >= 0.3 is 36.4 Å². The third-order valence-corrected chi connectivity index (χ3v) is 17.2. The summed E-state index contributed by atoms with van der Waals surface area (Å²) in [7, 11) is 0. The molecule has 1 aromatic carbocycles. The van der Waals surface area contributed by atoms with Crippen molar-refractivity contribution in [1.29, 1.82) is 0 Å². The van der Waals surface area contributed by atoms with Crippen LogP contribution in [0.2, 0.25) is 0 Å². The number of ether oxygens (including phenoxy) is 6. The van der Waals surface area contributed by atoms with Crippen molar-refractivity contribution in [2.24, 2.45) is 5.41 Å². The number of aliphatic hydroxyl groups is 2. The number of benzene rings is 1. The molecule has 690 valence electrons. The van der Waals surface area contributed by atoms with E-state index in [0.29, 0.717) is 18.4 Å². The highest BCUT2D eigenvalue weighted by molar-refractivity contribution is 6.00. The summed E-state index contributed by atoms with van der Waals surface area (Å²) in [5, 5.41) is 62.7. The molecule has 0 spiro atoms. The highest BCUT2D eigenvalue weighted by atomic mass is 16.6. The van der Waals surface area contributed by atoms with Crippen molar-refractivity contribution in [2.75, 3.05) is 45.9 Å². The lowest BCUT2D eigenvalue weighted by atomic mass is 9.89. The molecule has 12 atom stereocenters. The maximum atomic E-state index is 15.4. The van der Waals surface area contributed by atoms with Gasteiger partial charge in [0.25, 0.3) is 0 Å². The lowest BCUT2D eigenvalue weighted by Gasteiger charge is -2.29. The van der Waals surface area contributed by atoms with Crippen molar-refractivity contribution >= 4 is 101 Å². The van der Waals surface area contributed by atoms with Crippen molar-refractivity contribution in [3.8, 4) is 0 Å². The third kappa shape index (κ3) is 44.6. The summed E-state index contributed by atoms with van der Waals surface area (Å²) in [4.78, 5) is 241. The molecule has 41 nitrogen and oxygen atoms in total. The Bertz CT molecular complexity index is 3680. The molecule has 16 amide bonds. The van der Waals surface area contributed by atoms with E-state index in [1.54, 1.807) is 141 Å². The number of carbonyl (C=O) groups excluding carboxylic acids is 17. The zero-order valence-corrected chi connectivity index (χ0v) is 74.5. The van der Waals surface area contributed by atoms with Crippen molar-refractivity contribution in [1.82, 2.24) is 85.1 Å². The Labute approximate surface area is 714 Å². The Morgan fingerprint density at radius 2 is 0.820 bits per heavy atom. The molecule has 122 heavy (non-hydrogen) atoms. The Morgan fingerprint density at radius 1 is 0.443 bits per heavy atom. The lowest BCUT2D eigenvalue weighted by Crippen LogP contribution is -2.62. The summed E-state index contributed by atoms with van der Waals surface area (Å²) >= 11 is 0. The molecule has 1 aliphatic heterocycles. The van der Waals surface area contributed by atoms with Crippen LogP contribution in [0.5, 0.6) is 0 Å². The number of rotatable bonds is 34. The summed E-state index contributed by atoms with van der Waals surface area (Å²) in [6.07, 6.45) is -11.0. The molecular weight excluding hydrogens is 1600 g/mol. The number of hydrogen-bond donors (Lipinski definition) is 18. The van der Waals surface area contributed by atoms with Crippen LogP contribution in [0.15, 0.2) is 30.3 Å². The van der Waals surface area contributed by atoms with Gasteiger partial charge in [-0.1, -0.05) is 57.0 Å². The van der Waals surface area contributed by atoms with E-state index in [1.807, 2.05) is 6.92 Å². The van der Waals surface area contributed by atoms with Crippen molar-refractivity contribution in [3.05, 3.63) is 35.9 Å². The fourth-order valence-electron chi connectivity index (χ4n) is 11.3. The van der Waals surface area contributed by atoms with Crippen molar-refractivity contribution in [2.45, 2.75) is 323 Å². The van der Waals surface area contributed by atoms with Gasteiger partial charge in [0, 0.05) is 52.1 Å². The van der Waals surface area contributed by atoms with Gasteiger partial charge < -0.3 is 124 Å². The average molecular weight is 1730 g/mol. The Morgan fingerprint density at radius 3 is 1.21 bits per heavy atom. The van der Waals surface area contributed by atoms with Crippen LogP contribution in [0.25, 0.3) is 0 Å². The van der Waals surface area contributed by atoms with Crippen LogP contribution in [-0.2, 0) is 92.4 Å². The van der Waals surface area contributed by atoms with E-state index in [1.165, 1.54) is 13.8 Å². The quantitative estimate of drug-likeness (QED) is 0.0264. The van der Waals surface area contributed by atoms with E-state index >= 15 is 19.2 Å². The van der Waals surface area contributed by atoms with E-state index in [-0.39, 0.29) is 39.0 Å². The van der Waals surface area contributed by atoms with Crippen LogP contribution >= 0.6 is 0 Å². The van der Waals surface area contributed by atoms with Crippen LogP contribution < -0.4 is 85.1 Å². The molecule has 2 unspecified atom stereocenters. The Hall–Kier alpha value is -10.9. The van der Waals surface area contributed by atoms with Crippen LogP contribution in [-0.4, -0.2) is 258 Å². The Kier molecular flexibility index (Phi) is 44.4. The topological polar surface area (TPSA) is 579 Å². The second kappa shape index (κ2) is 50.5. The fraction of sp³-hybridized carbons (Fsp3) is 0.716. The standard InChI is InChI=1S/C81H136N16O25/c1-22-24-43-117-70(111)81(20,21)45-57(100)88-50(32-38-83-71(112)118-76(5,6)7)65(106)97-59(47(4)99)69(110)94-54(35-41-86-74(115)121-79(14,15)16)63(104)91-51-31-37-82-68(109)58(46(3)98)96-66(107)55(36-42-87-75(116)122-80(17,18)19)93-62(103)52(33-39-84-72(113)119-77(8,9)10)90-60(101)49(28-23-2)89-67(108)56(44-48-29-26-25-27-30-48)95-64(105)53(92-61(51)102)34-40-85-73(114)120-78(11,12)13/h25-27,29-30,46-47,49-56,58-59,98-99H,22-24,28,31-45H2,1-21H3,(H,82,109)(H,83,112)(H,84,113)(H,85,114)(H,86,115)(H,87,116)(H,88,100)(H,89,108)(H,90,101)(H,91,104)(H,92,102)(H,93,103)(H,94,110)(H,95,105)(H,96,107)(H,97,106)/t46?,47?,49-,50-,51-,52-,53-,54-,55-,56+,58-,59-/m0/s1. The second-order valence-electron chi connectivity index (χ2n) is 35.2. The van der Waals surface area contributed by atoms with E-state index in [4.69, 9.17) is 28.4 Å². The largest absolute Gasteiger partial charge is 0.465 e. The second-order valence-corrected chi connectivity index (χ2v) is 35.2. The first-order chi connectivity index (χ1) is 56.4. The number of nitrogens with one attached hydrogen (secondary N) is 16. The first-order valence-corrected chi connectivity index (χ1v) is 41.1. The molecule has 41 heteroatoms. The SMILES string of the molecule is CCCCOC(=O)C(C)(C)CC(=O)N[C@@H](CCNC(=O)OC(C)(C)C)C(=O)N[C@H](C(=O)N[C@@H](CCNC(=O)OC(C)(C)C)C(=O)N[C@H]1CCNC(=O)[C@H](C(C)O)NC(=O)[C@H](CCNC(=O)OC(C)(C)C)NC(=O)[C@H](CCNC(=O)OC(C)(C)C)NC(=O)[C@H](CCC)NC(=O)[C@@H](Cc2ccccc2)NC(=O)[C@H](CCNC(=O)OC(C)(C)C)NC1=O)C(C)O. The van der Waals surface area contributed by atoms with Gasteiger partial charge in [0.1, 0.15) is 88.4 Å². The number of carbonyl (C=O) groups is 17. The minimum atomic E-state index is -2.03. The fourth-order valence-corrected chi connectivity index (χ4v) is 11.3. The van der Waals surface area contributed by atoms with Crippen molar-refractivity contribution < 1.29 is 120 Å². The molecule has 1 saturated heterocycles. The summed E-state index contributed by atoms with van der Waals surface area (Å²) in [6, 6.07) is -9.74. The van der Waals surface area contributed by atoms with E-state index in [2.05, 4.69) is 85.1 Å². The predicted octanol–water partition coefficient (Wildman–Crippen LogP) is 1.49. The highest BCUT2D eigenvalue weighted by Crippen LogP contribution is 2.23. The number of unbranched alkanes of at least 4 members (excludes halogenated alkanes) is 1. The monoisotopic (exact) mass is 1730 g/mol. The van der Waals surface area contributed by atoms with Gasteiger partial charge in [-0.3, -0.25) is 57.5 Å². The van der Waals surface area contributed by atoms with Crippen LogP contribution in [0.3, 0.4) is 0 Å². The zero-order valence-electron chi connectivity index (χ0n) is 74.5. The molecule has 18 N–H and O–H groups in total. The van der Waals surface area contributed by atoms with Crippen LogP contribution in [0, 0.1) is 5.41 Å². The van der Waals surface area contributed by atoms with Crippen LogP contribution in [0.1, 0.15) is 222 Å². The lowest BCUT2D eigenvalue weighted by molar-refractivity contribution is -0.156. The molecule has 1 heterocycles. The smallest absolute Gasteiger partial charge is 0.407 e. The molecule has 0 aliphatic carbocycles. The minimum Gasteiger partial charge on any atom is -0.465 e. The summed E-state index contributed by atoms with van der Waals surface area (Å²) in [6.45, 7) is 29.7. The predicted molar refractivity (Wildman–Crippen MR) is 444 cm³/mol. The average Bonchev–Trinajstić information content (AvgIpc) is 1.04. The molecule has 0 saturated carbocycles. The number of hydrogen-bond acceptors (Lipinski definition) is 25. The molecular formula is C81H136N16O25. The molecule has 0 bridgehead atoms. The molecule has 0 aromatic heterocycles. The molecule has 1 aromatic rings. The number of alkyl carbamates (subject to hydrolysis) is 5. The van der Waals surface area contributed by atoms with Crippen LogP contribution in [0.4, 0.5) is 24.0 Å². The normalized spacial score (nSPS) is 19.6. The van der Waals surface area contributed by atoms with Gasteiger partial charge in [-0.2, -0.15) is 0 Å². The maximum Gasteiger partial charge on any atom is 0.407 e. The van der Waals surface area contributed by atoms with Crippen molar-refractivity contribution in [3.63, 3.8) is 0 Å². The summed E-state index contributed by atoms with van der Waals surface area (Å²) in [5.41, 5.74) is -6.03. The number of amides is 16. The first kappa shape index (κ1) is 107. The van der Waals surface area contributed by atoms with Gasteiger partial charge in [-0.05, 0) is 188 Å². The Balaban J connectivity index is 3.11. The summed E-state index contributed by atoms with van der Waals surface area (Å²) in [5.74, 6) is -13.1.